The molecule has 0 aliphatic carbocycles. The van der Waals surface area contributed by atoms with Gasteiger partial charge in [0.25, 0.3) is 0 Å². The molecule has 0 radical (unpaired) electrons. The average Bonchev–Trinajstić information content (AvgIpc) is 3.38. The summed E-state index contributed by atoms with van der Waals surface area (Å²) in [5.41, 5.74) is 1.55. The van der Waals surface area contributed by atoms with Gasteiger partial charge in [-0.1, -0.05) is 52.3 Å². The zero-order chi connectivity index (χ0) is 33.8. The Morgan fingerprint density at radius 3 is 2.00 bits per heavy atom. The number of nitrogens with one attached hydrogen (secondary N) is 6. The molecule has 5 amide bonds. The van der Waals surface area contributed by atoms with E-state index in [1.807, 2.05) is 52.0 Å². The maximum Gasteiger partial charge on any atom is 0.305 e. The van der Waals surface area contributed by atoms with Crippen LogP contribution in [0.1, 0.15) is 78.2 Å². The number of para-hydroxylation sites is 1. The summed E-state index contributed by atoms with van der Waals surface area (Å²) in [4.78, 5) is 81.6. The molecule has 3 rings (SSSR count). The Kier molecular flexibility index (Phi) is 13.6. The molecule has 4 unspecified atom stereocenters. The normalized spacial score (nSPS) is 23.0. The van der Waals surface area contributed by atoms with Gasteiger partial charge in [0.1, 0.15) is 24.2 Å². The highest BCUT2D eigenvalue weighted by molar-refractivity contribution is 5.97. The van der Waals surface area contributed by atoms with Crippen molar-refractivity contribution < 1.29 is 33.9 Å². The maximum atomic E-state index is 13.8. The number of hydrogen-bond acceptors (Lipinski definition) is 6. The summed E-state index contributed by atoms with van der Waals surface area (Å²) < 4.78 is 0. The first-order chi connectivity index (χ1) is 21.8. The van der Waals surface area contributed by atoms with Gasteiger partial charge in [-0.15, -0.1) is 0 Å². The first-order valence-electron chi connectivity index (χ1n) is 16.1. The van der Waals surface area contributed by atoms with Gasteiger partial charge in [0.05, 0.1) is 6.42 Å². The molecule has 13 nitrogen and oxygen atoms in total. The van der Waals surface area contributed by atoms with E-state index in [0.29, 0.717) is 25.7 Å². The summed E-state index contributed by atoms with van der Waals surface area (Å²) in [7, 11) is 0. The molecular weight excluding hydrogens is 592 g/mol. The zero-order valence-electron chi connectivity index (χ0n) is 27.1. The smallest absolute Gasteiger partial charge is 0.305 e. The van der Waals surface area contributed by atoms with Crippen molar-refractivity contribution in [3.63, 3.8) is 0 Å². The topological polar surface area (TPSA) is 199 Å². The van der Waals surface area contributed by atoms with E-state index in [9.17, 15) is 33.9 Å². The van der Waals surface area contributed by atoms with Crippen LogP contribution in [0.2, 0.25) is 0 Å². The second-order valence-corrected chi connectivity index (χ2v) is 12.8. The zero-order valence-corrected chi connectivity index (χ0v) is 27.1. The van der Waals surface area contributed by atoms with Gasteiger partial charge in [-0.25, -0.2) is 0 Å². The van der Waals surface area contributed by atoms with Gasteiger partial charge >= 0.3 is 5.97 Å². The van der Waals surface area contributed by atoms with Crippen LogP contribution in [0.4, 0.5) is 0 Å². The summed E-state index contributed by atoms with van der Waals surface area (Å²) in [5.74, 6) is -4.01. The van der Waals surface area contributed by atoms with Crippen molar-refractivity contribution in [2.24, 2.45) is 11.8 Å². The number of carboxylic acids is 1. The third-order valence-corrected chi connectivity index (χ3v) is 7.82. The number of rotatable bonds is 8. The molecule has 2 aromatic rings. The second kappa shape index (κ2) is 17.3. The molecule has 252 valence electrons. The Labute approximate surface area is 269 Å². The van der Waals surface area contributed by atoms with Crippen molar-refractivity contribution in [1.29, 1.82) is 0 Å². The number of aromatic nitrogens is 1. The minimum atomic E-state index is -1.39. The Hall–Kier alpha value is -4.42. The Morgan fingerprint density at radius 1 is 0.761 bits per heavy atom. The fourth-order valence-electron chi connectivity index (χ4n) is 5.52. The Bertz CT molecular complexity index is 1390. The summed E-state index contributed by atoms with van der Waals surface area (Å²) >= 11 is 0. The quantitative estimate of drug-likeness (QED) is 0.229. The number of carbonyl (C=O) groups excluding carboxylic acids is 5. The van der Waals surface area contributed by atoms with E-state index in [4.69, 9.17) is 0 Å². The van der Waals surface area contributed by atoms with Crippen LogP contribution in [-0.4, -0.2) is 76.3 Å². The van der Waals surface area contributed by atoms with Crippen molar-refractivity contribution in [2.75, 3.05) is 6.54 Å². The largest absolute Gasteiger partial charge is 0.481 e. The van der Waals surface area contributed by atoms with E-state index in [0.717, 1.165) is 16.5 Å². The number of aromatic amines is 1. The number of aliphatic carboxylic acids is 1. The second-order valence-electron chi connectivity index (χ2n) is 12.8. The first kappa shape index (κ1) is 36.1. The molecule has 1 saturated heterocycles. The molecule has 0 spiro atoms. The molecule has 7 N–H and O–H groups in total. The highest BCUT2D eigenvalue weighted by Gasteiger charge is 2.33. The van der Waals surface area contributed by atoms with E-state index >= 15 is 0 Å². The number of carboxylic acid groups (broad SMARTS) is 1. The highest BCUT2D eigenvalue weighted by atomic mass is 16.4. The molecule has 1 fully saturated rings. The molecule has 1 aliphatic heterocycles. The molecule has 4 atom stereocenters. The van der Waals surface area contributed by atoms with Crippen LogP contribution >= 0.6 is 0 Å². The monoisotopic (exact) mass is 640 g/mol. The van der Waals surface area contributed by atoms with Crippen LogP contribution in [0.5, 0.6) is 0 Å². The average molecular weight is 641 g/mol. The van der Waals surface area contributed by atoms with Crippen molar-refractivity contribution in [2.45, 2.75) is 103 Å². The van der Waals surface area contributed by atoms with Crippen molar-refractivity contribution in [1.82, 2.24) is 31.6 Å². The van der Waals surface area contributed by atoms with Gasteiger partial charge in [0, 0.05) is 36.5 Å². The molecule has 0 saturated carbocycles. The lowest BCUT2D eigenvalue weighted by Gasteiger charge is -2.27. The molecular formula is C33H48N6O7. The van der Waals surface area contributed by atoms with Crippen LogP contribution < -0.4 is 26.6 Å². The van der Waals surface area contributed by atoms with E-state index in [-0.39, 0.29) is 43.6 Å². The van der Waals surface area contributed by atoms with Crippen LogP contribution in [0.3, 0.4) is 0 Å². The fraction of sp³-hybridized carbons (Fsp3) is 0.576. The van der Waals surface area contributed by atoms with Gasteiger partial charge in [-0.3, -0.25) is 28.8 Å². The van der Waals surface area contributed by atoms with Crippen LogP contribution in [-0.2, 0) is 35.2 Å². The highest BCUT2D eigenvalue weighted by Crippen LogP contribution is 2.20. The lowest BCUT2D eigenvalue weighted by Crippen LogP contribution is -2.59. The van der Waals surface area contributed by atoms with Crippen LogP contribution in [0.25, 0.3) is 10.9 Å². The standard InChI is InChI=1S/C33H48N6O7/c1-19(2)14-24-31(44)37-25(15-20(3)4)32(45)38-26(16-21-18-35-23-11-8-7-10-22(21)23)33(46)39-27(17-29(41)42)30(43)34-13-9-5-6-12-28(40)36-24/h7-8,10-11,18-20,24-27,35H,5-6,9,12-17H2,1-4H3,(H,34,43)(H,36,40)(H,37,44)(H,38,45)(H,39,46)(H,41,42). The van der Waals surface area contributed by atoms with Crippen molar-refractivity contribution in [3.8, 4) is 0 Å². The van der Waals surface area contributed by atoms with Gasteiger partial charge in [0.2, 0.25) is 29.5 Å². The summed E-state index contributed by atoms with van der Waals surface area (Å²) in [5, 5.41) is 23.9. The van der Waals surface area contributed by atoms with E-state index in [2.05, 4.69) is 31.6 Å². The predicted molar refractivity (Wildman–Crippen MR) is 172 cm³/mol. The van der Waals surface area contributed by atoms with E-state index in [1.165, 1.54) is 0 Å². The van der Waals surface area contributed by atoms with Gasteiger partial charge in [0.15, 0.2) is 0 Å². The molecule has 0 bridgehead atoms. The van der Waals surface area contributed by atoms with Gasteiger partial charge in [-0.2, -0.15) is 0 Å². The number of hydrogen-bond donors (Lipinski definition) is 7. The van der Waals surface area contributed by atoms with E-state index < -0.39 is 60.2 Å². The summed E-state index contributed by atoms with van der Waals surface area (Å²) in [6, 6.07) is 2.97. The molecule has 1 aromatic carbocycles. The third kappa shape index (κ3) is 11.2. The maximum absolute atomic E-state index is 13.8. The summed E-state index contributed by atoms with van der Waals surface area (Å²) in [6.07, 6.45) is 3.55. The Balaban J connectivity index is 1.98. The number of carbonyl (C=O) groups is 6. The predicted octanol–water partition coefficient (Wildman–Crippen LogP) is 1.91. The third-order valence-electron chi connectivity index (χ3n) is 7.82. The van der Waals surface area contributed by atoms with Gasteiger partial charge in [-0.05, 0) is 49.1 Å². The number of amides is 5. The minimum Gasteiger partial charge on any atom is -0.481 e. The first-order valence-corrected chi connectivity index (χ1v) is 16.1. The SMILES string of the molecule is CC(C)CC1NC(=O)CCCCCNC(=O)C(CC(=O)O)NC(=O)C(Cc2c[nH]c3ccccc23)NC(=O)C(CC(C)C)NC1=O. The molecule has 46 heavy (non-hydrogen) atoms. The van der Waals surface area contributed by atoms with Crippen molar-refractivity contribution >= 4 is 46.4 Å². The molecule has 1 aliphatic rings. The molecule has 2 heterocycles. The lowest BCUT2D eigenvalue weighted by atomic mass is 9.99. The number of fused-ring (bicyclic) bond motifs is 1. The van der Waals surface area contributed by atoms with E-state index in [1.54, 1.807) is 6.20 Å². The molecule has 1 aromatic heterocycles. The van der Waals surface area contributed by atoms with Crippen LogP contribution in [0, 0.1) is 11.8 Å². The van der Waals surface area contributed by atoms with Crippen LogP contribution in [0.15, 0.2) is 30.5 Å². The summed E-state index contributed by atoms with van der Waals surface area (Å²) in [6.45, 7) is 7.88. The number of H-pyrrole nitrogens is 1. The lowest BCUT2D eigenvalue weighted by molar-refractivity contribution is -0.141. The Morgan fingerprint density at radius 2 is 1.35 bits per heavy atom. The van der Waals surface area contributed by atoms with Gasteiger partial charge < -0.3 is 36.7 Å². The fourth-order valence-corrected chi connectivity index (χ4v) is 5.52. The number of benzene rings is 1. The molecule has 13 heteroatoms. The van der Waals surface area contributed by atoms with Crippen molar-refractivity contribution in [3.05, 3.63) is 36.0 Å². The minimum absolute atomic E-state index is 0.0136.